The van der Waals surface area contributed by atoms with Gasteiger partial charge in [0.15, 0.2) is 5.82 Å². The Morgan fingerprint density at radius 3 is 2.63 bits per heavy atom. The second-order valence-electron chi connectivity index (χ2n) is 9.90. The molecule has 0 unspecified atom stereocenters. The molecule has 6 rings (SSSR count). The molecule has 4 aromatic rings. The summed E-state index contributed by atoms with van der Waals surface area (Å²) >= 11 is 0. The van der Waals surface area contributed by atoms with Crippen molar-refractivity contribution in [2.75, 3.05) is 31.1 Å². The van der Waals surface area contributed by atoms with E-state index >= 15 is 0 Å². The normalized spacial score (nSPS) is 18.3. The number of rotatable bonds is 4. The first-order chi connectivity index (χ1) is 16.8. The average molecular weight is 480 g/mol. The zero-order valence-electron chi connectivity index (χ0n) is 19.0. The molecular weight excluding hydrogens is 455 g/mol. The number of hydrogen-bond acceptors (Lipinski definition) is 5. The molecule has 2 aliphatic heterocycles. The molecule has 10 heteroatoms. The summed E-state index contributed by atoms with van der Waals surface area (Å²) in [6.07, 6.45) is -0.314. The largest absolute Gasteiger partial charge is 0.393 e. The molecule has 0 aliphatic carbocycles. The molecule has 0 bridgehead atoms. The number of alkyl halides is 3. The lowest BCUT2D eigenvalue weighted by Gasteiger charge is -2.54. The van der Waals surface area contributed by atoms with E-state index < -0.39 is 12.6 Å². The van der Waals surface area contributed by atoms with Gasteiger partial charge in [0.1, 0.15) is 23.6 Å². The number of benzene rings is 1. The van der Waals surface area contributed by atoms with Crippen molar-refractivity contribution < 1.29 is 13.2 Å². The molecule has 1 N–H and O–H groups in total. The number of piperidine rings is 1. The van der Waals surface area contributed by atoms with Crippen LogP contribution in [0.4, 0.5) is 19.0 Å². The Bertz CT molecular complexity index is 1430. The highest BCUT2D eigenvalue weighted by Crippen LogP contribution is 2.42. The van der Waals surface area contributed by atoms with E-state index in [9.17, 15) is 13.2 Å². The standard InChI is InChI=1S/C25H24F3N7/c26-25(27,28)10-18-8-22-23(30-16-31-35(22)13-18)34-5-3-24(4-6-34)14-33(15-24)12-17-1-2-21-19(7-17)9-20(11-29)32-21/h1-2,7-9,13,16,32H,3-6,10,12,14-15H2. The molecule has 2 aliphatic rings. The van der Waals surface area contributed by atoms with E-state index in [1.54, 1.807) is 6.07 Å². The van der Waals surface area contributed by atoms with Gasteiger partial charge in [-0.25, -0.2) is 9.50 Å². The number of hydrogen-bond donors (Lipinski definition) is 1. The summed E-state index contributed by atoms with van der Waals surface area (Å²) in [7, 11) is 0. The van der Waals surface area contributed by atoms with Crippen molar-refractivity contribution >= 4 is 22.2 Å². The smallest absolute Gasteiger partial charge is 0.355 e. The highest BCUT2D eigenvalue weighted by Gasteiger charge is 2.45. The first-order valence-electron chi connectivity index (χ1n) is 11.7. The Morgan fingerprint density at radius 1 is 1.09 bits per heavy atom. The lowest BCUT2D eigenvalue weighted by molar-refractivity contribution is -0.127. The third-order valence-electron chi connectivity index (χ3n) is 7.30. The van der Waals surface area contributed by atoms with Gasteiger partial charge >= 0.3 is 6.18 Å². The van der Waals surface area contributed by atoms with Gasteiger partial charge in [-0.05, 0) is 53.6 Å². The van der Waals surface area contributed by atoms with Crippen LogP contribution in [-0.2, 0) is 13.0 Å². The Labute approximate surface area is 199 Å². The van der Waals surface area contributed by atoms with Crippen LogP contribution in [0.3, 0.4) is 0 Å². The quantitative estimate of drug-likeness (QED) is 0.473. The predicted molar refractivity (Wildman–Crippen MR) is 125 cm³/mol. The van der Waals surface area contributed by atoms with Crippen LogP contribution in [0.2, 0.25) is 0 Å². The van der Waals surface area contributed by atoms with Gasteiger partial charge in [-0.1, -0.05) is 6.07 Å². The zero-order chi connectivity index (χ0) is 24.2. The third kappa shape index (κ3) is 4.21. The fourth-order valence-electron chi connectivity index (χ4n) is 5.66. The van der Waals surface area contributed by atoms with Crippen LogP contribution in [0.5, 0.6) is 0 Å². The van der Waals surface area contributed by atoms with Gasteiger partial charge in [-0.2, -0.15) is 23.5 Å². The van der Waals surface area contributed by atoms with Crippen LogP contribution in [0.25, 0.3) is 16.4 Å². The molecule has 7 nitrogen and oxygen atoms in total. The number of nitrogens with zero attached hydrogens (tertiary/aromatic N) is 6. The van der Waals surface area contributed by atoms with Crippen molar-refractivity contribution in [1.82, 2.24) is 24.5 Å². The predicted octanol–water partition coefficient (Wildman–Crippen LogP) is 4.29. The second-order valence-corrected chi connectivity index (χ2v) is 9.90. The van der Waals surface area contributed by atoms with Crippen LogP contribution >= 0.6 is 0 Å². The second kappa shape index (κ2) is 7.99. The Kier molecular flexibility index (Phi) is 5.00. The fourth-order valence-corrected chi connectivity index (χ4v) is 5.66. The van der Waals surface area contributed by atoms with Gasteiger partial charge in [0.2, 0.25) is 0 Å². The average Bonchev–Trinajstić information content (AvgIpc) is 3.40. The molecule has 1 spiro atoms. The molecule has 1 aromatic carbocycles. The van der Waals surface area contributed by atoms with Crippen molar-refractivity contribution in [1.29, 1.82) is 5.26 Å². The number of nitriles is 1. The molecule has 3 aromatic heterocycles. The first kappa shape index (κ1) is 21.9. The van der Waals surface area contributed by atoms with Gasteiger partial charge in [0.05, 0.1) is 6.42 Å². The maximum Gasteiger partial charge on any atom is 0.393 e. The number of halogens is 3. The summed E-state index contributed by atoms with van der Waals surface area (Å²) in [5.41, 5.74) is 3.89. The molecule has 35 heavy (non-hydrogen) atoms. The van der Waals surface area contributed by atoms with E-state index in [0.29, 0.717) is 17.0 Å². The number of anilines is 1. The molecule has 2 fully saturated rings. The van der Waals surface area contributed by atoms with Crippen LogP contribution in [0.15, 0.2) is 42.9 Å². The number of aromatic nitrogens is 4. The summed E-state index contributed by atoms with van der Waals surface area (Å²) in [6, 6.07) is 11.9. The highest BCUT2D eigenvalue weighted by molar-refractivity contribution is 5.82. The number of nitrogens with one attached hydrogen (secondary N) is 1. The van der Waals surface area contributed by atoms with E-state index in [-0.39, 0.29) is 11.0 Å². The van der Waals surface area contributed by atoms with Gasteiger partial charge in [0, 0.05) is 49.8 Å². The molecular formula is C25H24F3N7. The molecule has 180 valence electrons. The van der Waals surface area contributed by atoms with Gasteiger partial charge in [0.25, 0.3) is 0 Å². The maximum atomic E-state index is 12.8. The van der Waals surface area contributed by atoms with Crippen molar-refractivity contribution in [3.63, 3.8) is 0 Å². The summed E-state index contributed by atoms with van der Waals surface area (Å²) in [4.78, 5) is 12.1. The van der Waals surface area contributed by atoms with Gasteiger partial charge in [-0.15, -0.1) is 0 Å². The Balaban J connectivity index is 1.09. The van der Waals surface area contributed by atoms with Gasteiger partial charge in [-0.3, -0.25) is 4.90 Å². The Morgan fingerprint density at radius 2 is 1.89 bits per heavy atom. The van der Waals surface area contributed by atoms with Crippen LogP contribution in [-0.4, -0.2) is 56.8 Å². The van der Waals surface area contributed by atoms with Crippen LogP contribution < -0.4 is 4.90 Å². The SMILES string of the molecule is N#Cc1cc2cc(CN3CC4(CCN(c5ncnn6cc(CC(F)(F)F)cc56)CC4)C3)ccc2[nH]1. The van der Waals surface area contributed by atoms with E-state index in [2.05, 4.69) is 43.1 Å². The lowest BCUT2D eigenvalue weighted by Crippen LogP contribution is -2.59. The van der Waals surface area contributed by atoms with E-state index in [1.807, 2.05) is 12.1 Å². The lowest BCUT2D eigenvalue weighted by atomic mass is 9.72. The van der Waals surface area contributed by atoms with Crippen molar-refractivity contribution in [3.05, 3.63) is 59.7 Å². The number of likely N-dealkylation sites (tertiary alicyclic amines) is 1. The topological polar surface area (TPSA) is 76.2 Å². The summed E-state index contributed by atoms with van der Waals surface area (Å²) in [6.45, 7) is 4.61. The summed E-state index contributed by atoms with van der Waals surface area (Å²) in [5, 5.41) is 14.2. The van der Waals surface area contributed by atoms with Crippen molar-refractivity contribution in [2.24, 2.45) is 5.41 Å². The van der Waals surface area contributed by atoms with E-state index in [0.717, 1.165) is 56.5 Å². The monoisotopic (exact) mass is 479 g/mol. The minimum absolute atomic E-state index is 0.198. The van der Waals surface area contributed by atoms with Crippen molar-refractivity contribution in [2.45, 2.75) is 32.0 Å². The number of fused-ring (bicyclic) bond motifs is 2. The Hall–Kier alpha value is -3.58. The molecule has 0 saturated carbocycles. The van der Waals surface area contributed by atoms with Crippen molar-refractivity contribution in [3.8, 4) is 6.07 Å². The maximum absolute atomic E-state index is 12.8. The molecule has 0 radical (unpaired) electrons. The molecule has 0 atom stereocenters. The summed E-state index contributed by atoms with van der Waals surface area (Å²) in [5.74, 6) is 0.705. The van der Waals surface area contributed by atoms with Crippen LogP contribution in [0, 0.1) is 16.7 Å². The van der Waals surface area contributed by atoms with Gasteiger partial charge < -0.3 is 9.88 Å². The molecule has 0 amide bonds. The number of H-pyrrole nitrogens is 1. The van der Waals surface area contributed by atoms with E-state index in [1.165, 1.54) is 22.6 Å². The third-order valence-corrected chi connectivity index (χ3v) is 7.30. The minimum Gasteiger partial charge on any atom is -0.355 e. The minimum atomic E-state index is -4.25. The highest BCUT2D eigenvalue weighted by atomic mass is 19.4. The van der Waals surface area contributed by atoms with Crippen LogP contribution in [0.1, 0.15) is 29.7 Å². The molecule has 5 heterocycles. The number of aromatic amines is 1. The first-order valence-corrected chi connectivity index (χ1v) is 11.7. The zero-order valence-corrected chi connectivity index (χ0v) is 19.0. The molecule has 2 saturated heterocycles. The fraction of sp³-hybridized carbons (Fsp3) is 0.400. The van der Waals surface area contributed by atoms with E-state index in [4.69, 9.17) is 5.26 Å². The summed E-state index contributed by atoms with van der Waals surface area (Å²) < 4.78 is 40.0.